The summed E-state index contributed by atoms with van der Waals surface area (Å²) in [7, 11) is 0. The van der Waals surface area contributed by atoms with Gasteiger partial charge in [0.25, 0.3) is 0 Å². The van der Waals surface area contributed by atoms with E-state index >= 15 is 8.78 Å². The minimum atomic E-state index is -0.524. The Morgan fingerprint density at radius 2 is 1.53 bits per heavy atom. The minimum Gasteiger partial charge on any atom is -0.462 e. The fourth-order valence-electron chi connectivity index (χ4n) is 6.27. The Kier molecular flexibility index (Phi) is 11.6. The molecule has 0 radical (unpaired) electrons. The van der Waals surface area contributed by atoms with Crippen LogP contribution in [0.1, 0.15) is 82.3 Å². The van der Waals surface area contributed by atoms with Crippen LogP contribution in [0.15, 0.2) is 66.7 Å². The molecule has 0 aliphatic heterocycles. The number of hydrogen-bond acceptors (Lipinski definition) is 3. The Labute approximate surface area is 253 Å². The SMILES string of the molecule is C=C(C)C(=O)OCC(CCO)C1CCC(c2ccc(-c3ccc(-c4ccc(CCCCC)c(F)c4)c(F)c3)c(F)c2)CC1. The Balaban J connectivity index is 1.41. The van der Waals surface area contributed by atoms with E-state index in [0.717, 1.165) is 50.5 Å². The van der Waals surface area contributed by atoms with Crippen molar-refractivity contribution in [2.24, 2.45) is 11.8 Å². The topological polar surface area (TPSA) is 46.5 Å². The number of rotatable bonds is 13. The van der Waals surface area contributed by atoms with Crippen LogP contribution in [-0.2, 0) is 16.0 Å². The van der Waals surface area contributed by atoms with Crippen LogP contribution in [0.25, 0.3) is 22.3 Å². The van der Waals surface area contributed by atoms with Crippen molar-refractivity contribution < 1.29 is 27.8 Å². The first kappa shape index (κ1) is 32.5. The molecule has 1 aliphatic rings. The van der Waals surface area contributed by atoms with Crippen LogP contribution >= 0.6 is 0 Å². The molecule has 4 rings (SSSR count). The fourth-order valence-corrected chi connectivity index (χ4v) is 6.27. The molecule has 1 fully saturated rings. The molecule has 230 valence electrons. The number of benzene rings is 3. The van der Waals surface area contributed by atoms with Crippen molar-refractivity contribution in [3.05, 3.63) is 95.3 Å². The first-order valence-corrected chi connectivity index (χ1v) is 15.5. The second-order valence-corrected chi connectivity index (χ2v) is 12.0. The summed E-state index contributed by atoms with van der Waals surface area (Å²) in [6.45, 7) is 7.63. The summed E-state index contributed by atoms with van der Waals surface area (Å²) < 4.78 is 50.6. The van der Waals surface area contributed by atoms with Gasteiger partial charge in [0, 0.05) is 23.3 Å². The van der Waals surface area contributed by atoms with E-state index in [2.05, 4.69) is 13.5 Å². The van der Waals surface area contributed by atoms with Crippen molar-refractivity contribution in [1.29, 1.82) is 0 Å². The number of aliphatic hydroxyl groups is 1. The van der Waals surface area contributed by atoms with E-state index < -0.39 is 17.6 Å². The Bertz CT molecular complexity index is 1410. The molecule has 1 N–H and O–H groups in total. The molecule has 1 aliphatic carbocycles. The maximum absolute atomic E-state index is 15.4. The van der Waals surface area contributed by atoms with Gasteiger partial charge in [-0.2, -0.15) is 0 Å². The minimum absolute atomic E-state index is 0.0335. The highest BCUT2D eigenvalue weighted by Gasteiger charge is 2.29. The van der Waals surface area contributed by atoms with Gasteiger partial charge in [-0.05, 0) is 110 Å². The molecule has 6 heteroatoms. The predicted molar refractivity (Wildman–Crippen MR) is 166 cm³/mol. The van der Waals surface area contributed by atoms with E-state index in [0.29, 0.717) is 46.6 Å². The van der Waals surface area contributed by atoms with Gasteiger partial charge in [0.2, 0.25) is 0 Å². The summed E-state index contributed by atoms with van der Waals surface area (Å²) in [4.78, 5) is 11.8. The van der Waals surface area contributed by atoms with Crippen molar-refractivity contribution in [3.8, 4) is 22.3 Å². The van der Waals surface area contributed by atoms with E-state index in [9.17, 15) is 14.3 Å². The number of aryl methyl sites for hydroxylation is 1. The first-order chi connectivity index (χ1) is 20.7. The van der Waals surface area contributed by atoms with Crippen LogP contribution in [0.3, 0.4) is 0 Å². The Morgan fingerprint density at radius 1 is 0.907 bits per heavy atom. The van der Waals surface area contributed by atoms with Gasteiger partial charge in [-0.1, -0.05) is 62.7 Å². The standard InChI is InChI=1S/C37H43F3O3/c1-4-5-6-7-27-12-13-29(21-34(27)38)33-17-15-30(22-36(33)40)32-16-14-28(20-35(32)39)25-8-10-26(11-9-25)31(18-19-41)23-43-37(42)24(2)3/h12-17,20-22,25-26,31,41H,2,4-11,18-19,23H2,1,3H3. The maximum Gasteiger partial charge on any atom is 0.333 e. The highest BCUT2D eigenvalue weighted by atomic mass is 19.1. The molecule has 0 aromatic heterocycles. The van der Waals surface area contributed by atoms with Crippen molar-refractivity contribution in [2.75, 3.05) is 13.2 Å². The third-order valence-corrected chi connectivity index (χ3v) is 8.87. The van der Waals surface area contributed by atoms with Gasteiger partial charge in [0.05, 0.1) is 6.61 Å². The molecular formula is C37H43F3O3. The van der Waals surface area contributed by atoms with Crippen LogP contribution in [0, 0.1) is 29.3 Å². The molecule has 1 saturated carbocycles. The summed E-state index contributed by atoms with van der Waals surface area (Å²) in [5.74, 6) is -1.08. The van der Waals surface area contributed by atoms with E-state index in [4.69, 9.17) is 4.74 Å². The quantitative estimate of drug-likeness (QED) is 0.122. The number of ether oxygens (including phenoxy) is 1. The molecule has 3 nitrogen and oxygen atoms in total. The summed E-state index contributed by atoms with van der Waals surface area (Å²) >= 11 is 0. The van der Waals surface area contributed by atoms with Gasteiger partial charge in [0.15, 0.2) is 0 Å². The predicted octanol–water partition coefficient (Wildman–Crippen LogP) is 9.56. The van der Waals surface area contributed by atoms with Crippen molar-refractivity contribution in [2.45, 2.75) is 77.6 Å². The molecule has 1 atom stereocenters. The molecule has 0 spiro atoms. The third-order valence-electron chi connectivity index (χ3n) is 8.87. The Morgan fingerprint density at radius 3 is 2.12 bits per heavy atom. The zero-order valence-corrected chi connectivity index (χ0v) is 25.3. The summed E-state index contributed by atoms with van der Waals surface area (Å²) in [5, 5.41) is 9.53. The average molecular weight is 593 g/mol. The van der Waals surface area contributed by atoms with Gasteiger partial charge in [0.1, 0.15) is 17.5 Å². The molecule has 3 aromatic rings. The Hall–Kier alpha value is -3.38. The lowest BCUT2D eigenvalue weighted by Gasteiger charge is -2.34. The molecule has 0 amide bonds. The van der Waals surface area contributed by atoms with E-state index in [1.54, 1.807) is 43.3 Å². The number of hydrogen-bond donors (Lipinski definition) is 1. The van der Waals surface area contributed by atoms with E-state index in [-0.39, 0.29) is 36.4 Å². The third kappa shape index (κ3) is 8.38. The van der Waals surface area contributed by atoms with E-state index in [1.165, 1.54) is 12.1 Å². The van der Waals surface area contributed by atoms with Crippen LogP contribution in [0.2, 0.25) is 0 Å². The lowest BCUT2D eigenvalue weighted by Crippen LogP contribution is -2.27. The molecule has 0 heterocycles. The van der Waals surface area contributed by atoms with E-state index in [1.807, 2.05) is 6.07 Å². The summed E-state index contributed by atoms with van der Waals surface area (Å²) in [6.07, 6.45) is 7.79. The van der Waals surface area contributed by atoms with Crippen molar-refractivity contribution >= 4 is 5.97 Å². The lowest BCUT2D eigenvalue weighted by molar-refractivity contribution is -0.141. The monoisotopic (exact) mass is 592 g/mol. The van der Waals surface area contributed by atoms with Crippen LogP contribution in [0.4, 0.5) is 13.2 Å². The highest BCUT2D eigenvalue weighted by molar-refractivity contribution is 5.86. The maximum atomic E-state index is 15.4. The molecule has 1 unspecified atom stereocenters. The number of carbonyl (C=O) groups excluding carboxylic acids is 1. The van der Waals surface area contributed by atoms with Crippen LogP contribution < -0.4 is 0 Å². The van der Waals surface area contributed by atoms with Gasteiger partial charge in [-0.15, -0.1) is 0 Å². The molecular weight excluding hydrogens is 549 g/mol. The van der Waals surface area contributed by atoms with Crippen molar-refractivity contribution in [1.82, 2.24) is 0 Å². The summed E-state index contributed by atoms with van der Waals surface area (Å²) in [5.41, 5.74) is 3.41. The van der Waals surface area contributed by atoms with Crippen LogP contribution in [0.5, 0.6) is 0 Å². The zero-order chi connectivity index (χ0) is 30.9. The average Bonchev–Trinajstić information content (AvgIpc) is 3.00. The normalized spacial score (nSPS) is 17.4. The van der Waals surface area contributed by atoms with Gasteiger partial charge >= 0.3 is 5.97 Å². The number of unbranched alkanes of at least 4 members (excludes halogenated alkanes) is 2. The molecule has 0 bridgehead atoms. The second kappa shape index (κ2) is 15.4. The van der Waals surface area contributed by atoms with Gasteiger partial charge in [-0.3, -0.25) is 0 Å². The fraction of sp³-hybridized carbons (Fsp3) is 0.432. The van der Waals surface area contributed by atoms with Gasteiger partial charge in [-0.25, -0.2) is 18.0 Å². The summed E-state index contributed by atoms with van der Waals surface area (Å²) in [6, 6.07) is 14.6. The number of halogens is 3. The lowest BCUT2D eigenvalue weighted by atomic mass is 9.73. The largest absolute Gasteiger partial charge is 0.462 e. The smallest absolute Gasteiger partial charge is 0.333 e. The second-order valence-electron chi connectivity index (χ2n) is 12.0. The van der Waals surface area contributed by atoms with Gasteiger partial charge < -0.3 is 9.84 Å². The highest BCUT2D eigenvalue weighted by Crippen LogP contribution is 2.41. The number of aliphatic hydroxyl groups excluding tert-OH is 1. The van der Waals surface area contributed by atoms with Crippen molar-refractivity contribution in [3.63, 3.8) is 0 Å². The number of esters is 1. The number of carbonyl (C=O) groups is 1. The molecule has 0 saturated heterocycles. The first-order valence-electron chi connectivity index (χ1n) is 15.5. The molecule has 3 aromatic carbocycles. The molecule has 43 heavy (non-hydrogen) atoms. The van der Waals surface area contributed by atoms with Crippen LogP contribution in [-0.4, -0.2) is 24.3 Å². The zero-order valence-electron chi connectivity index (χ0n) is 25.3.